The number of hydrogen-bond acceptors (Lipinski definition) is 7. The molecule has 1 aliphatic rings. The molecule has 2 aromatic rings. The number of nitrogens with zero attached hydrogens (tertiary/aromatic N) is 4. The van der Waals surface area contributed by atoms with Gasteiger partial charge in [-0.2, -0.15) is 26.3 Å². The van der Waals surface area contributed by atoms with Gasteiger partial charge in [0.05, 0.1) is 6.04 Å². The maximum Gasteiger partial charge on any atom is 0.231 e. The van der Waals surface area contributed by atoms with Gasteiger partial charge in [0.1, 0.15) is 0 Å². The molecule has 112 valence electrons. The van der Waals surface area contributed by atoms with E-state index in [1.54, 1.807) is 11.3 Å². The summed E-state index contributed by atoms with van der Waals surface area (Å²) < 4.78 is 0. The predicted octanol–water partition coefficient (Wildman–Crippen LogP) is 2.68. The van der Waals surface area contributed by atoms with Crippen LogP contribution in [0.5, 0.6) is 0 Å². The van der Waals surface area contributed by atoms with Crippen LogP contribution < -0.4 is 16.0 Å². The Morgan fingerprint density at radius 1 is 1.24 bits per heavy atom. The fourth-order valence-corrected chi connectivity index (χ4v) is 3.23. The van der Waals surface area contributed by atoms with Crippen LogP contribution in [0.15, 0.2) is 16.8 Å². The van der Waals surface area contributed by atoms with Gasteiger partial charge in [-0.3, -0.25) is 0 Å². The van der Waals surface area contributed by atoms with E-state index in [0.29, 0.717) is 11.9 Å². The second-order valence-corrected chi connectivity index (χ2v) is 6.07. The first-order chi connectivity index (χ1) is 10.2. The van der Waals surface area contributed by atoms with E-state index in [4.69, 9.17) is 5.73 Å². The fraction of sp³-hybridized carbons (Fsp3) is 0.500. The van der Waals surface area contributed by atoms with E-state index in [1.165, 1.54) is 24.8 Å². The molecule has 0 aromatic carbocycles. The molecule has 3 heterocycles. The minimum Gasteiger partial charge on any atom is -0.368 e. The van der Waals surface area contributed by atoms with Crippen molar-refractivity contribution in [2.45, 2.75) is 32.2 Å². The number of aromatic nitrogens is 3. The predicted molar refractivity (Wildman–Crippen MR) is 86.7 cm³/mol. The molecule has 0 amide bonds. The first-order valence-corrected chi connectivity index (χ1v) is 8.22. The SMILES string of the molecule is CC(Nc1nc(N)nc(N2CCCCC2)n1)c1ccsc1. The Morgan fingerprint density at radius 2 is 2.05 bits per heavy atom. The number of piperidine rings is 1. The number of nitrogens with one attached hydrogen (secondary N) is 1. The average molecular weight is 304 g/mol. The van der Waals surface area contributed by atoms with Gasteiger partial charge < -0.3 is 16.0 Å². The van der Waals surface area contributed by atoms with Crippen molar-refractivity contribution >= 4 is 29.2 Å². The molecule has 0 saturated carbocycles. The van der Waals surface area contributed by atoms with Crippen molar-refractivity contribution in [1.82, 2.24) is 15.0 Å². The summed E-state index contributed by atoms with van der Waals surface area (Å²) in [6.07, 6.45) is 3.64. The highest BCUT2D eigenvalue weighted by molar-refractivity contribution is 7.07. The van der Waals surface area contributed by atoms with Gasteiger partial charge in [0.2, 0.25) is 17.8 Å². The van der Waals surface area contributed by atoms with Gasteiger partial charge in [0.25, 0.3) is 0 Å². The van der Waals surface area contributed by atoms with E-state index in [2.05, 4.69) is 48.9 Å². The summed E-state index contributed by atoms with van der Waals surface area (Å²) in [4.78, 5) is 15.2. The van der Waals surface area contributed by atoms with Gasteiger partial charge in [0, 0.05) is 13.1 Å². The lowest BCUT2D eigenvalue weighted by Gasteiger charge is -2.27. The van der Waals surface area contributed by atoms with Crippen LogP contribution in [0.3, 0.4) is 0 Å². The zero-order chi connectivity index (χ0) is 14.7. The Morgan fingerprint density at radius 3 is 2.76 bits per heavy atom. The quantitative estimate of drug-likeness (QED) is 0.904. The number of rotatable bonds is 4. The van der Waals surface area contributed by atoms with Crippen LogP contribution >= 0.6 is 11.3 Å². The summed E-state index contributed by atoms with van der Waals surface area (Å²) in [5.41, 5.74) is 7.05. The van der Waals surface area contributed by atoms with E-state index in [-0.39, 0.29) is 12.0 Å². The van der Waals surface area contributed by atoms with Crippen molar-refractivity contribution < 1.29 is 0 Å². The Bertz CT molecular complexity index is 579. The highest BCUT2D eigenvalue weighted by atomic mass is 32.1. The molecular formula is C14H20N6S. The molecule has 1 fully saturated rings. The number of anilines is 3. The largest absolute Gasteiger partial charge is 0.368 e. The van der Waals surface area contributed by atoms with E-state index in [1.807, 2.05) is 0 Å². The summed E-state index contributed by atoms with van der Waals surface area (Å²) in [5, 5.41) is 7.49. The van der Waals surface area contributed by atoms with Gasteiger partial charge in [-0.25, -0.2) is 0 Å². The van der Waals surface area contributed by atoms with Crippen molar-refractivity contribution in [3.8, 4) is 0 Å². The lowest BCUT2D eigenvalue weighted by Crippen LogP contribution is -2.31. The van der Waals surface area contributed by atoms with Crippen LogP contribution in [0, 0.1) is 0 Å². The maximum absolute atomic E-state index is 5.83. The number of nitrogens with two attached hydrogens (primary N) is 1. The third-order valence-corrected chi connectivity index (χ3v) is 4.37. The standard InChI is InChI=1S/C14H20N6S/c1-10(11-5-8-21-9-11)16-13-17-12(15)18-14(19-13)20-6-3-2-4-7-20/h5,8-10H,2-4,6-7H2,1H3,(H3,15,16,17,18,19). The molecular weight excluding hydrogens is 284 g/mol. The summed E-state index contributed by atoms with van der Waals surface area (Å²) >= 11 is 1.68. The molecule has 1 saturated heterocycles. The summed E-state index contributed by atoms with van der Waals surface area (Å²) in [7, 11) is 0. The Hall–Kier alpha value is -1.89. The van der Waals surface area contributed by atoms with Gasteiger partial charge >= 0.3 is 0 Å². The smallest absolute Gasteiger partial charge is 0.231 e. The molecule has 1 atom stereocenters. The Kier molecular flexibility index (Phi) is 4.19. The molecule has 1 aliphatic heterocycles. The van der Waals surface area contributed by atoms with Crippen LogP contribution in [0.25, 0.3) is 0 Å². The Labute approximate surface area is 128 Å². The van der Waals surface area contributed by atoms with Crippen LogP contribution in [-0.4, -0.2) is 28.0 Å². The highest BCUT2D eigenvalue weighted by Crippen LogP contribution is 2.22. The summed E-state index contributed by atoms with van der Waals surface area (Å²) in [6, 6.07) is 2.24. The van der Waals surface area contributed by atoms with Crippen LogP contribution in [0.1, 0.15) is 37.8 Å². The lowest BCUT2D eigenvalue weighted by atomic mass is 10.1. The second-order valence-electron chi connectivity index (χ2n) is 5.29. The first kappa shape index (κ1) is 14.1. The molecule has 21 heavy (non-hydrogen) atoms. The van der Waals surface area contributed by atoms with Gasteiger partial charge in [-0.15, -0.1) is 0 Å². The average Bonchev–Trinajstić information content (AvgIpc) is 3.02. The number of hydrogen-bond donors (Lipinski definition) is 2. The lowest BCUT2D eigenvalue weighted by molar-refractivity contribution is 0.568. The molecule has 0 spiro atoms. The molecule has 3 N–H and O–H groups in total. The van der Waals surface area contributed by atoms with E-state index in [9.17, 15) is 0 Å². The zero-order valence-electron chi connectivity index (χ0n) is 12.1. The second kappa shape index (κ2) is 6.26. The third kappa shape index (κ3) is 3.41. The minimum atomic E-state index is 0.146. The van der Waals surface area contributed by atoms with Gasteiger partial charge in [0.15, 0.2) is 0 Å². The summed E-state index contributed by atoms with van der Waals surface area (Å²) in [5.74, 6) is 1.49. The minimum absolute atomic E-state index is 0.146. The molecule has 1 unspecified atom stereocenters. The van der Waals surface area contributed by atoms with Crippen molar-refractivity contribution in [3.63, 3.8) is 0 Å². The van der Waals surface area contributed by atoms with Gasteiger partial charge in [-0.05, 0) is 48.6 Å². The van der Waals surface area contributed by atoms with Crippen molar-refractivity contribution in [2.75, 3.05) is 29.0 Å². The molecule has 6 nitrogen and oxygen atoms in total. The molecule has 0 radical (unpaired) electrons. The van der Waals surface area contributed by atoms with Crippen LogP contribution in [0.4, 0.5) is 17.8 Å². The normalized spacial score (nSPS) is 16.7. The zero-order valence-corrected chi connectivity index (χ0v) is 12.9. The topological polar surface area (TPSA) is 80.0 Å². The van der Waals surface area contributed by atoms with Crippen LogP contribution in [0.2, 0.25) is 0 Å². The van der Waals surface area contributed by atoms with Crippen molar-refractivity contribution in [1.29, 1.82) is 0 Å². The van der Waals surface area contributed by atoms with Gasteiger partial charge in [-0.1, -0.05) is 0 Å². The highest BCUT2D eigenvalue weighted by Gasteiger charge is 2.16. The van der Waals surface area contributed by atoms with Crippen LogP contribution in [-0.2, 0) is 0 Å². The molecule has 2 aromatic heterocycles. The fourth-order valence-electron chi connectivity index (χ4n) is 2.48. The van der Waals surface area contributed by atoms with E-state index in [0.717, 1.165) is 13.1 Å². The van der Waals surface area contributed by atoms with E-state index >= 15 is 0 Å². The Balaban J connectivity index is 1.77. The number of nitrogen functional groups attached to an aromatic ring is 1. The maximum atomic E-state index is 5.83. The number of thiophene rings is 1. The van der Waals surface area contributed by atoms with E-state index < -0.39 is 0 Å². The van der Waals surface area contributed by atoms with Crippen molar-refractivity contribution in [3.05, 3.63) is 22.4 Å². The summed E-state index contributed by atoms with van der Waals surface area (Å²) in [6.45, 7) is 4.06. The molecule has 3 rings (SSSR count). The monoisotopic (exact) mass is 304 g/mol. The molecule has 0 aliphatic carbocycles. The first-order valence-electron chi connectivity index (χ1n) is 7.27. The third-order valence-electron chi connectivity index (χ3n) is 3.67. The van der Waals surface area contributed by atoms with Crippen molar-refractivity contribution in [2.24, 2.45) is 0 Å². The molecule has 0 bridgehead atoms. The molecule has 7 heteroatoms.